The van der Waals surface area contributed by atoms with E-state index in [1.165, 1.54) is 20.0 Å². The van der Waals surface area contributed by atoms with Gasteiger partial charge in [0.05, 0.1) is 0 Å². The molecule has 0 fully saturated rings. The van der Waals surface area contributed by atoms with E-state index < -0.39 is 0 Å². The molecule has 8 nitrogen and oxygen atoms in total. The molecule has 8 heteroatoms. The first-order valence-corrected chi connectivity index (χ1v) is 6.01. The minimum absolute atomic E-state index is 0.582. The van der Waals surface area contributed by atoms with E-state index >= 15 is 0 Å². The highest BCUT2D eigenvalue weighted by atomic mass is 16.2. The maximum absolute atomic E-state index is 10.2. The van der Waals surface area contributed by atoms with Gasteiger partial charge in [-0.15, -0.1) is 0 Å². The van der Waals surface area contributed by atoms with Crippen molar-refractivity contribution in [3.05, 3.63) is 24.6 Å². The average Bonchev–Trinajstić information content (AvgIpc) is 2.55. The Labute approximate surface area is 116 Å². The molecule has 0 bridgehead atoms. The lowest BCUT2D eigenvalue weighted by Gasteiger charge is -2.27. The summed E-state index contributed by atoms with van der Waals surface area (Å²) in [6.07, 6.45) is 10.9. The fraction of sp³-hybridized carbons (Fsp3) is 0.333. The highest BCUT2D eigenvalue weighted by Gasteiger charge is 2.10. The van der Waals surface area contributed by atoms with E-state index in [9.17, 15) is 19.2 Å². The van der Waals surface area contributed by atoms with Crippen molar-refractivity contribution in [3.8, 4) is 0 Å². The molecule has 0 atom stereocenters. The number of hydrazine groups is 2. The summed E-state index contributed by atoms with van der Waals surface area (Å²) >= 11 is 0. The van der Waals surface area contributed by atoms with Crippen molar-refractivity contribution in [2.75, 3.05) is 13.1 Å². The number of carbonyl (C=O) groups excluding carboxylic acids is 4. The lowest BCUT2D eigenvalue weighted by molar-refractivity contribution is -0.141. The van der Waals surface area contributed by atoms with E-state index in [4.69, 9.17) is 0 Å². The van der Waals surface area contributed by atoms with E-state index in [1.54, 1.807) is 12.4 Å². The van der Waals surface area contributed by atoms with Gasteiger partial charge < -0.3 is 0 Å². The van der Waals surface area contributed by atoms with Crippen LogP contribution in [0.4, 0.5) is 0 Å². The summed E-state index contributed by atoms with van der Waals surface area (Å²) in [7, 11) is 0. The van der Waals surface area contributed by atoms with Crippen LogP contribution in [0.1, 0.15) is 12.8 Å². The van der Waals surface area contributed by atoms with E-state index in [1.807, 2.05) is 12.2 Å². The maximum atomic E-state index is 10.2. The summed E-state index contributed by atoms with van der Waals surface area (Å²) < 4.78 is 0. The normalized spacial score (nSPS) is 17.2. The highest BCUT2D eigenvalue weighted by molar-refractivity contribution is 5.56. The average molecular weight is 280 g/mol. The maximum Gasteiger partial charge on any atom is 0.232 e. The van der Waals surface area contributed by atoms with E-state index in [0.29, 0.717) is 38.7 Å². The van der Waals surface area contributed by atoms with Crippen LogP contribution < -0.4 is 0 Å². The molecule has 0 radical (unpaired) electrons. The van der Waals surface area contributed by atoms with Crippen LogP contribution in [-0.2, 0) is 19.2 Å². The zero-order valence-corrected chi connectivity index (χ0v) is 10.9. The van der Waals surface area contributed by atoms with E-state index in [-0.39, 0.29) is 0 Å². The molecule has 4 amide bonds. The standard InChI is InChI=1S/2C6H8N2O2/c2*9-5-7-3-1-2-4-8(7)6-10/h2*1,3,5-6H,2,4H2. The molecule has 0 unspecified atom stereocenters. The molecular formula is C12H16N4O4. The zero-order valence-electron chi connectivity index (χ0n) is 10.9. The monoisotopic (exact) mass is 280 g/mol. The zero-order chi connectivity index (χ0) is 14.8. The highest BCUT2D eigenvalue weighted by Crippen LogP contribution is 2.03. The van der Waals surface area contributed by atoms with Crippen LogP contribution in [0.2, 0.25) is 0 Å². The third-order valence-electron chi connectivity index (χ3n) is 2.62. The number of hydrogen-bond acceptors (Lipinski definition) is 4. The Balaban J connectivity index is 0.000000200. The summed E-state index contributed by atoms with van der Waals surface area (Å²) in [4.78, 5) is 40.8. The number of hydrogen-bond donors (Lipinski definition) is 0. The molecule has 0 aromatic heterocycles. The number of carbonyl (C=O) groups is 4. The van der Waals surface area contributed by atoms with Crippen molar-refractivity contribution < 1.29 is 19.2 Å². The Bertz CT molecular complexity index is 372. The summed E-state index contributed by atoms with van der Waals surface area (Å²) in [6, 6.07) is 0. The van der Waals surface area contributed by atoms with Gasteiger partial charge in [-0.25, -0.2) is 20.0 Å². The molecule has 0 aliphatic carbocycles. The molecular weight excluding hydrogens is 264 g/mol. The third-order valence-corrected chi connectivity index (χ3v) is 2.62. The van der Waals surface area contributed by atoms with Gasteiger partial charge in [-0.1, -0.05) is 12.2 Å². The molecule has 0 aromatic rings. The van der Waals surface area contributed by atoms with Gasteiger partial charge in [0.1, 0.15) is 0 Å². The van der Waals surface area contributed by atoms with Crippen molar-refractivity contribution >= 4 is 25.6 Å². The van der Waals surface area contributed by atoms with E-state index in [0.717, 1.165) is 12.8 Å². The van der Waals surface area contributed by atoms with Crippen LogP contribution in [0.3, 0.4) is 0 Å². The van der Waals surface area contributed by atoms with Crippen molar-refractivity contribution in [2.45, 2.75) is 12.8 Å². The van der Waals surface area contributed by atoms with Crippen molar-refractivity contribution in [2.24, 2.45) is 0 Å². The van der Waals surface area contributed by atoms with Crippen LogP contribution in [0.5, 0.6) is 0 Å². The second-order valence-corrected chi connectivity index (χ2v) is 3.85. The van der Waals surface area contributed by atoms with Gasteiger partial charge in [-0.05, 0) is 12.8 Å². The smallest absolute Gasteiger partial charge is 0.232 e. The summed E-state index contributed by atoms with van der Waals surface area (Å²) in [6.45, 7) is 1.16. The fourth-order valence-corrected chi connectivity index (χ4v) is 1.59. The predicted octanol–water partition coefficient (Wildman–Crippen LogP) is -0.529. The fourth-order valence-electron chi connectivity index (χ4n) is 1.59. The Kier molecular flexibility index (Phi) is 6.52. The summed E-state index contributed by atoms with van der Waals surface area (Å²) in [5.41, 5.74) is 0. The second kappa shape index (κ2) is 8.46. The first kappa shape index (κ1) is 15.4. The Morgan fingerprint density at radius 2 is 1.05 bits per heavy atom. The van der Waals surface area contributed by atoms with Crippen LogP contribution in [-0.4, -0.2) is 58.8 Å². The van der Waals surface area contributed by atoms with Gasteiger partial charge in [-0.3, -0.25) is 19.2 Å². The van der Waals surface area contributed by atoms with Crippen LogP contribution in [0.25, 0.3) is 0 Å². The lowest BCUT2D eigenvalue weighted by atomic mass is 10.4. The van der Waals surface area contributed by atoms with Gasteiger partial charge in [0.15, 0.2) is 0 Å². The van der Waals surface area contributed by atoms with Gasteiger partial charge in [-0.2, -0.15) is 0 Å². The Morgan fingerprint density at radius 1 is 0.650 bits per heavy atom. The molecule has 2 aliphatic rings. The molecule has 2 rings (SSSR count). The molecule has 2 aliphatic heterocycles. The topological polar surface area (TPSA) is 81.2 Å². The Morgan fingerprint density at radius 3 is 1.30 bits per heavy atom. The van der Waals surface area contributed by atoms with Crippen LogP contribution >= 0.6 is 0 Å². The Hall–Kier alpha value is -2.64. The van der Waals surface area contributed by atoms with Crippen molar-refractivity contribution in [1.82, 2.24) is 20.0 Å². The number of rotatable bonds is 4. The molecule has 20 heavy (non-hydrogen) atoms. The van der Waals surface area contributed by atoms with Crippen LogP contribution in [0.15, 0.2) is 24.6 Å². The quantitative estimate of drug-likeness (QED) is 0.648. The summed E-state index contributed by atoms with van der Waals surface area (Å²) in [5.74, 6) is 0. The van der Waals surface area contributed by atoms with Gasteiger partial charge >= 0.3 is 0 Å². The molecule has 0 spiro atoms. The molecule has 0 saturated heterocycles. The SMILES string of the molecule is O=CN1C=CCCN1C=O.O=CN1C=CCCN1C=O. The number of amides is 4. The molecule has 2 heterocycles. The van der Waals surface area contributed by atoms with Crippen molar-refractivity contribution in [1.29, 1.82) is 0 Å². The molecule has 0 aromatic carbocycles. The van der Waals surface area contributed by atoms with Crippen molar-refractivity contribution in [3.63, 3.8) is 0 Å². The predicted molar refractivity (Wildman–Crippen MR) is 68.9 cm³/mol. The lowest BCUT2D eigenvalue weighted by Crippen LogP contribution is -2.39. The number of nitrogens with zero attached hydrogens (tertiary/aromatic N) is 4. The molecule has 108 valence electrons. The third kappa shape index (κ3) is 4.23. The van der Waals surface area contributed by atoms with Gasteiger partial charge in [0, 0.05) is 25.5 Å². The van der Waals surface area contributed by atoms with Gasteiger partial charge in [0.25, 0.3) is 0 Å². The first-order chi connectivity index (χ1) is 9.76. The van der Waals surface area contributed by atoms with Gasteiger partial charge in [0.2, 0.25) is 25.6 Å². The molecule has 0 saturated carbocycles. The minimum atomic E-state index is 0.582. The summed E-state index contributed by atoms with van der Waals surface area (Å²) in [5, 5.41) is 5.06. The van der Waals surface area contributed by atoms with E-state index in [2.05, 4.69) is 0 Å². The molecule has 0 N–H and O–H groups in total. The largest absolute Gasteiger partial charge is 0.277 e. The first-order valence-electron chi connectivity index (χ1n) is 6.01. The van der Waals surface area contributed by atoms with Crippen LogP contribution in [0, 0.1) is 0 Å². The second-order valence-electron chi connectivity index (χ2n) is 3.85. The minimum Gasteiger partial charge on any atom is -0.277 e.